The monoisotopic (exact) mass is 418 g/mol. The highest BCUT2D eigenvalue weighted by molar-refractivity contribution is 5.75. The molecule has 2 rings (SSSR count). The van der Waals surface area contributed by atoms with Gasteiger partial charge in [-0.05, 0) is 58.4 Å². The third-order valence-electron chi connectivity index (χ3n) is 5.14. The van der Waals surface area contributed by atoms with Gasteiger partial charge in [0, 0.05) is 12.6 Å². The first kappa shape index (κ1) is 24.2. The van der Waals surface area contributed by atoms with Gasteiger partial charge in [-0.15, -0.1) is 0 Å². The van der Waals surface area contributed by atoms with E-state index in [0.717, 1.165) is 31.2 Å². The van der Waals surface area contributed by atoms with E-state index in [9.17, 15) is 9.59 Å². The fourth-order valence-corrected chi connectivity index (χ4v) is 3.63. The highest BCUT2D eigenvalue weighted by Crippen LogP contribution is 2.19. The minimum absolute atomic E-state index is 0.190. The van der Waals surface area contributed by atoms with Gasteiger partial charge in [0.05, 0.1) is 0 Å². The molecule has 1 aromatic rings. The van der Waals surface area contributed by atoms with Crippen LogP contribution in [0.25, 0.3) is 0 Å². The lowest BCUT2D eigenvalue weighted by molar-refractivity contribution is -0.148. The van der Waals surface area contributed by atoms with Crippen LogP contribution in [0.2, 0.25) is 0 Å². The summed E-state index contributed by atoms with van der Waals surface area (Å²) in [5, 5.41) is 6.31. The number of amides is 1. The highest BCUT2D eigenvalue weighted by atomic mass is 16.6. The number of unbranched alkanes of at least 4 members (excludes halogenated alkanes) is 1. The van der Waals surface area contributed by atoms with Gasteiger partial charge in [-0.3, -0.25) is 4.79 Å². The molecule has 0 bridgehead atoms. The summed E-state index contributed by atoms with van der Waals surface area (Å²) in [4.78, 5) is 24.5. The molecule has 2 N–H and O–H groups in total. The molecule has 1 saturated carbocycles. The summed E-state index contributed by atoms with van der Waals surface area (Å²) in [6.45, 7) is 6.35. The van der Waals surface area contributed by atoms with Crippen molar-refractivity contribution in [3.05, 3.63) is 35.9 Å². The second-order valence-electron chi connectivity index (χ2n) is 9.07. The van der Waals surface area contributed by atoms with E-state index >= 15 is 0 Å². The number of hydrogen-bond acceptors (Lipinski definition) is 5. The van der Waals surface area contributed by atoms with Crippen LogP contribution in [-0.2, 0) is 20.9 Å². The third-order valence-corrected chi connectivity index (χ3v) is 5.14. The van der Waals surface area contributed by atoms with Crippen molar-refractivity contribution >= 4 is 12.1 Å². The summed E-state index contributed by atoms with van der Waals surface area (Å²) in [5.74, 6) is -0.190. The molecule has 1 amide bonds. The highest BCUT2D eigenvalue weighted by Gasteiger charge is 2.24. The number of rotatable bonds is 10. The van der Waals surface area contributed by atoms with Gasteiger partial charge in [0.2, 0.25) is 0 Å². The quantitative estimate of drug-likeness (QED) is 0.425. The van der Waals surface area contributed by atoms with Gasteiger partial charge in [0.15, 0.2) is 0 Å². The van der Waals surface area contributed by atoms with E-state index in [2.05, 4.69) is 10.6 Å². The lowest BCUT2D eigenvalue weighted by Crippen LogP contribution is -2.45. The first-order valence-electron chi connectivity index (χ1n) is 11.3. The molecule has 0 spiro atoms. The van der Waals surface area contributed by atoms with Crippen molar-refractivity contribution in [3.8, 4) is 0 Å². The predicted molar refractivity (Wildman–Crippen MR) is 118 cm³/mol. The predicted octanol–water partition coefficient (Wildman–Crippen LogP) is 4.72. The standard InChI is InChI=1S/C24H38N2O4/c1-24(2,3)30-23(28)25-17-11-10-16-21(26-20-14-8-5-9-15-20)22(27)29-18-19-12-6-4-7-13-19/h4,6-7,12-13,20-21,26H,5,8-11,14-18H2,1-3H3,(H,25,28)/t21-/m1/s1. The van der Waals surface area contributed by atoms with Gasteiger partial charge >= 0.3 is 12.1 Å². The second kappa shape index (κ2) is 12.6. The average molecular weight is 419 g/mol. The molecular formula is C24H38N2O4. The molecule has 168 valence electrons. The summed E-state index contributed by atoms with van der Waals surface area (Å²) in [6, 6.07) is 9.82. The average Bonchev–Trinajstić information content (AvgIpc) is 2.71. The molecule has 0 radical (unpaired) electrons. The van der Waals surface area contributed by atoms with Gasteiger partial charge in [-0.25, -0.2) is 4.79 Å². The molecule has 6 heteroatoms. The van der Waals surface area contributed by atoms with Gasteiger partial charge in [0.1, 0.15) is 18.2 Å². The van der Waals surface area contributed by atoms with Crippen LogP contribution in [0, 0.1) is 0 Å². The lowest BCUT2D eigenvalue weighted by Gasteiger charge is -2.27. The van der Waals surface area contributed by atoms with Crippen LogP contribution >= 0.6 is 0 Å². The largest absolute Gasteiger partial charge is 0.460 e. The second-order valence-corrected chi connectivity index (χ2v) is 9.07. The number of esters is 1. The molecule has 1 aliphatic rings. The third kappa shape index (κ3) is 10.1. The first-order valence-corrected chi connectivity index (χ1v) is 11.3. The summed E-state index contributed by atoms with van der Waals surface area (Å²) in [6.07, 6.45) is 7.83. The van der Waals surface area contributed by atoms with E-state index in [1.165, 1.54) is 19.3 Å². The van der Waals surface area contributed by atoms with Crippen LogP contribution in [0.5, 0.6) is 0 Å². The van der Waals surface area contributed by atoms with Crippen LogP contribution in [0.15, 0.2) is 30.3 Å². The molecule has 6 nitrogen and oxygen atoms in total. The van der Waals surface area contributed by atoms with E-state index in [1.807, 2.05) is 51.1 Å². The van der Waals surface area contributed by atoms with E-state index in [4.69, 9.17) is 9.47 Å². The molecule has 0 heterocycles. The fraction of sp³-hybridized carbons (Fsp3) is 0.667. The maximum atomic E-state index is 12.7. The van der Waals surface area contributed by atoms with Crippen molar-refractivity contribution in [2.75, 3.05) is 6.54 Å². The molecule has 1 aromatic carbocycles. The number of alkyl carbamates (subject to hydrolysis) is 1. The van der Waals surface area contributed by atoms with Crippen LogP contribution < -0.4 is 10.6 Å². The Labute approximate surface area is 181 Å². The van der Waals surface area contributed by atoms with E-state index in [1.54, 1.807) is 0 Å². The smallest absolute Gasteiger partial charge is 0.407 e. The van der Waals surface area contributed by atoms with Crippen molar-refractivity contribution in [1.29, 1.82) is 0 Å². The minimum Gasteiger partial charge on any atom is -0.460 e. The van der Waals surface area contributed by atoms with Gasteiger partial charge in [0.25, 0.3) is 0 Å². The molecule has 30 heavy (non-hydrogen) atoms. The zero-order valence-corrected chi connectivity index (χ0v) is 18.7. The lowest BCUT2D eigenvalue weighted by atomic mass is 9.94. The number of carbonyl (C=O) groups is 2. The summed E-state index contributed by atoms with van der Waals surface area (Å²) in [7, 11) is 0. The summed E-state index contributed by atoms with van der Waals surface area (Å²) >= 11 is 0. The van der Waals surface area contributed by atoms with E-state index in [0.29, 0.717) is 25.6 Å². The Hall–Kier alpha value is -2.08. The molecular weight excluding hydrogens is 380 g/mol. The normalized spacial score (nSPS) is 16.0. The Morgan fingerprint density at radius 3 is 2.43 bits per heavy atom. The van der Waals surface area contributed by atoms with Crippen molar-refractivity contribution < 1.29 is 19.1 Å². The number of ether oxygens (including phenoxy) is 2. The Bertz CT molecular complexity index is 636. The Balaban J connectivity index is 1.77. The van der Waals surface area contributed by atoms with Crippen molar-refractivity contribution in [2.24, 2.45) is 0 Å². The summed E-state index contributed by atoms with van der Waals surface area (Å²) in [5.41, 5.74) is 0.491. The Morgan fingerprint density at radius 2 is 1.77 bits per heavy atom. The van der Waals surface area contributed by atoms with Crippen LogP contribution in [0.3, 0.4) is 0 Å². The van der Waals surface area contributed by atoms with Crippen LogP contribution in [0.4, 0.5) is 4.79 Å². The molecule has 1 fully saturated rings. The number of carbonyl (C=O) groups excluding carboxylic acids is 2. The van der Waals surface area contributed by atoms with E-state index in [-0.39, 0.29) is 12.0 Å². The van der Waals surface area contributed by atoms with Crippen LogP contribution in [0.1, 0.15) is 77.7 Å². The first-order chi connectivity index (χ1) is 14.3. The topological polar surface area (TPSA) is 76.7 Å². The molecule has 0 saturated heterocycles. The molecule has 0 aliphatic heterocycles. The number of nitrogens with one attached hydrogen (secondary N) is 2. The van der Waals surface area contributed by atoms with E-state index < -0.39 is 11.7 Å². The SMILES string of the molecule is CC(C)(C)OC(=O)NCCCC[C@@H](NC1CCCCC1)C(=O)OCc1ccccc1. The van der Waals surface area contributed by atoms with Gasteiger partial charge in [-0.2, -0.15) is 0 Å². The zero-order valence-electron chi connectivity index (χ0n) is 18.7. The number of hydrogen-bond donors (Lipinski definition) is 2. The maximum Gasteiger partial charge on any atom is 0.407 e. The zero-order chi connectivity index (χ0) is 21.8. The van der Waals surface area contributed by atoms with Crippen molar-refractivity contribution in [1.82, 2.24) is 10.6 Å². The van der Waals surface area contributed by atoms with Gasteiger partial charge in [-0.1, -0.05) is 49.6 Å². The Morgan fingerprint density at radius 1 is 1.07 bits per heavy atom. The molecule has 1 aliphatic carbocycles. The maximum absolute atomic E-state index is 12.7. The summed E-state index contributed by atoms with van der Waals surface area (Å²) < 4.78 is 10.8. The van der Waals surface area contributed by atoms with Crippen molar-refractivity contribution in [3.63, 3.8) is 0 Å². The Kier molecular flexibility index (Phi) is 10.1. The molecule has 0 unspecified atom stereocenters. The number of benzene rings is 1. The van der Waals surface area contributed by atoms with Crippen molar-refractivity contribution in [2.45, 2.75) is 96.4 Å². The molecule has 1 atom stereocenters. The minimum atomic E-state index is -0.498. The van der Waals surface area contributed by atoms with Crippen LogP contribution in [-0.4, -0.2) is 36.3 Å². The fourth-order valence-electron chi connectivity index (χ4n) is 3.63. The molecule has 0 aromatic heterocycles. The van der Waals surface area contributed by atoms with Gasteiger partial charge < -0.3 is 20.1 Å².